The quantitative estimate of drug-likeness (QED) is 0.671. The van der Waals surface area contributed by atoms with Gasteiger partial charge >= 0.3 is 5.97 Å². The Morgan fingerprint density at radius 2 is 2.05 bits per heavy atom. The Hall–Kier alpha value is -2.43. The molecule has 0 aliphatic heterocycles. The van der Waals surface area contributed by atoms with Crippen LogP contribution in [0.5, 0.6) is 0 Å². The molecule has 2 heterocycles. The lowest BCUT2D eigenvalue weighted by Crippen LogP contribution is -2.11. The summed E-state index contributed by atoms with van der Waals surface area (Å²) in [5.41, 5.74) is 3.42. The summed E-state index contributed by atoms with van der Waals surface area (Å²) in [6.45, 7) is 3.88. The van der Waals surface area contributed by atoms with Crippen LogP contribution in [0.15, 0.2) is 24.3 Å². The number of carbonyl (C=O) groups excluding carboxylic acids is 1. The van der Waals surface area contributed by atoms with Crippen LogP contribution in [0.4, 0.5) is 0 Å². The van der Waals surface area contributed by atoms with E-state index in [9.17, 15) is 4.79 Å². The summed E-state index contributed by atoms with van der Waals surface area (Å²) in [4.78, 5) is 20.9. The van der Waals surface area contributed by atoms with Gasteiger partial charge in [0.25, 0.3) is 0 Å². The van der Waals surface area contributed by atoms with Gasteiger partial charge in [0.2, 0.25) is 0 Å². The Bertz CT molecular complexity index is 821. The molecule has 0 saturated carbocycles. The molecule has 1 aromatic carbocycles. The van der Waals surface area contributed by atoms with E-state index in [0.29, 0.717) is 17.9 Å². The Morgan fingerprint density at radius 3 is 2.80 bits per heavy atom. The van der Waals surface area contributed by atoms with Gasteiger partial charge in [-0.15, -0.1) is 0 Å². The van der Waals surface area contributed by atoms with Gasteiger partial charge in [0.1, 0.15) is 5.52 Å². The zero-order valence-electron chi connectivity index (χ0n) is 11.7. The normalized spacial score (nSPS) is 11.2. The minimum absolute atomic E-state index is 0.283. The number of para-hydroxylation sites is 1. The zero-order valence-corrected chi connectivity index (χ0v) is 11.7. The van der Waals surface area contributed by atoms with E-state index >= 15 is 0 Å². The number of nitrogens with zero attached hydrogens (tertiary/aromatic N) is 3. The lowest BCUT2D eigenvalue weighted by Gasteiger charge is -2.04. The average molecular weight is 269 g/mol. The maximum atomic E-state index is 11.9. The van der Waals surface area contributed by atoms with E-state index in [1.807, 2.05) is 35.9 Å². The fourth-order valence-electron chi connectivity index (χ4n) is 2.40. The van der Waals surface area contributed by atoms with Crippen molar-refractivity contribution in [3.05, 3.63) is 35.7 Å². The first-order chi connectivity index (χ1) is 9.63. The zero-order chi connectivity index (χ0) is 14.3. The van der Waals surface area contributed by atoms with Crippen LogP contribution in [0.1, 0.15) is 23.1 Å². The molecule has 20 heavy (non-hydrogen) atoms. The van der Waals surface area contributed by atoms with Gasteiger partial charge in [0, 0.05) is 12.4 Å². The second-order valence-corrected chi connectivity index (χ2v) is 4.63. The SMILES string of the molecule is CCOC(=O)c1nc2c(nc1C)c1ccccc1n2C. The predicted molar refractivity (Wildman–Crippen MR) is 76.7 cm³/mol. The van der Waals surface area contributed by atoms with Crippen LogP contribution < -0.4 is 0 Å². The number of aromatic nitrogens is 3. The number of rotatable bonds is 2. The van der Waals surface area contributed by atoms with Crippen molar-refractivity contribution in [3.63, 3.8) is 0 Å². The van der Waals surface area contributed by atoms with Crippen LogP contribution in [0, 0.1) is 6.92 Å². The van der Waals surface area contributed by atoms with Gasteiger partial charge in [-0.3, -0.25) is 0 Å². The minimum Gasteiger partial charge on any atom is -0.461 e. The highest BCUT2D eigenvalue weighted by Crippen LogP contribution is 2.26. The number of aryl methyl sites for hydroxylation is 2. The highest BCUT2D eigenvalue weighted by molar-refractivity contribution is 6.05. The van der Waals surface area contributed by atoms with Gasteiger partial charge in [-0.1, -0.05) is 18.2 Å². The molecule has 5 nitrogen and oxygen atoms in total. The number of hydrogen-bond acceptors (Lipinski definition) is 4. The minimum atomic E-state index is -0.426. The fourth-order valence-corrected chi connectivity index (χ4v) is 2.40. The summed E-state index contributed by atoms with van der Waals surface area (Å²) >= 11 is 0. The summed E-state index contributed by atoms with van der Waals surface area (Å²) in [5.74, 6) is -0.426. The van der Waals surface area contributed by atoms with Gasteiger partial charge in [-0.25, -0.2) is 14.8 Å². The van der Waals surface area contributed by atoms with Crippen molar-refractivity contribution < 1.29 is 9.53 Å². The third kappa shape index (κ3) is 1.74. The van der Waals surface area contributed by atoms with Crippen molar-refractivity contribution in [1.29, 1.82) is 0 Å². The number of benzene rings is 1. The maximum Gasteiger partial charge on any atom is 0.358 e. The second-order valence-electron chi connectivity index (χ2n) is 4.63. The van der Waals surface area contributed by atoms with Crippen LogP contribution in [0.3, 0.4) is 0 Å². The molecule has 102 valence electrons. The molecule has 0 fully saturated rings. The molecule has 0 aliphatic rings. The lowest BCUT2D eigenvalue weighted by molar-refractivity contribution is 0.0518. The lowest BCUT2D eigenvalue weighted by atomic mass is 10.2. The molecule has 0 atom stereocenters. The van der Waals surface area contributed by atoms with Crippen molar-refractivity contribution in [2.24, 2.45) is 7.05 Å². The van der Waals surface area contributed by atoms with E-state index in [0.717, 1.165) is 16.4 Å². The van der Waals surface area contributed by atoms with Crippen LogP contribution in [-0.4, -0.2) is 27.1 Å². The molecular weight excluding hydrogens is 254 g/mol. The molecule has 3 aromatic rings. The molecule has 5 heteroatoms. The van der Waals surface area contributed by atoms with Crippen LogP contribution in [-0.2, 0) is 11.8 Å². The summed E-state index contributed by atoms with van der Waals surface area (Å²) < 4.78 is 6.97. The second kappa shape index (κ2) is 4.59. The third-order valence-corrected chi connectivity index (χ3v) is 3.36. The van der Waals surface area contributed by atoms with Crippen LogP contribution >= 0.6 is 0 Å². The topological polar surface area (TPSA) is 57.0 Å². The number of ether oxygens (including phenoxy) is 1. The highest BCUT2D eigenvalue weighted by Gasteiger charge is 2.18. The Morgan fingerprint density at radius 1 is 1.30 bits per heavy atom. The van der Waals surface area contributed by atoms with E-state index in [1.165, 1.54) is 0 Å². The van der Waals surface area contributed by atoms with Crippen molar-refractivity contribution >= 4 is 28.0 Å². The third-order valence-electron chi connectivity index (χ3n) is 3.36. The molecule has 0 bridgehead atoms. The van der Waals surface area contributed by atoms with E-state index in [2.05, 4.69) is 9.97 Å². The van der Waals surface area contributed by atoms with Crippen LogP contribution in [0.25, 0.3) is 22.1 Å². The molecule has 0 N–H and O–H groups in total. The standard InChI is InChI=1S/C15H15N3O2/c1-4-20-15(19)12-9(2)16-13-10-7-5-6-8-11(10)18(3)14(13)17-12/h5-8H,4H2,1-3H3. The Balaban J connectivity index is 2.33. The molecule has 0 saturated heterocycles. The van der Waals surface area contributed by atoms with Crippen molar-refractivity contribution in [2.45, 2.75) is 13.8 Å². The van der Waals surface area contributed by atoms with Gasteiger partial charge in [0.15, 0.2) is 11.3 Å². The number of hydrogen-bond donors (Lipinski definition) is 0. The first-order valence-corrected chi connectivity index (χ1v) is 6.52. The molecule has 0 spiro atoms. The van der Waals surface area contributed by atoms with E-state index in [1.54, 1.807) is 13.8 Å². The predicted octanol–water partition coefficient (Wildman–Crippen LogP) is 2.61. The smallest absolute Gasteiger partial charge is 0.358 e. The van der Waals surface area contributed by atoms with Crippen molar-refractivity contribution in [2.75, 3.05) is 6.61 Å². The largest absolute Gasteiger partial charge is 0.461 e. The number of esters is 1. The highest BCUT2D eigenvalue weighted by atomic mass is 16.5. The molecule has 0 amide bonds. The molecule has 0 radical (unpaired) electrons. The molecule has 2 aromatic heterocycles. The first-order valence-electron chi connectivity index (χ1n) is 6.52. The maximum absolute atomic E-state index is 11.9. The number of carbonyl (C=O) groups is 1. The summed E-state index contributed by atoms with van der Waals surface area (Å²) in [6.07, 6.45) is 0. The van der Waals surface area contributed by atoms with Gasteiger partial charge < -0.3 is 9.30 Å². The summed E-state index contributed by atoms with van der Waals surface area (Å²) in [7, 11) is 1.92. The van der Waals surface area contributed by atoms with Gasteiger partial charge in [0.05, 0.1) is 17.8 Å². The van der Waals surface area contributed by atoms with Crippen molar-refractivity contribution in [1.82, 2.24) is 14.5 Å². The molecule has 3 rings (SSSR count). The van der Waals surface area contributed by atoms with Gasteiger partial charge in [-0.2, -0.15) is 0 Å². The monoisotopic (exact) mass is 269 g/mol. The van der Waals surface area contributed by atoms with Gasteiger partial charge in [-0.05, 0) is 19.9 Å². The average Bonchev–Trinajstić information content (AvgIpc) is 2.72. The van der Waals surface area contributed by atoms with E-state index in [-0.39, 0.29) is 5.69 Å². The van der Waals surface area contributed by atoms with E-state index in [4.69, 9.17) is 4.74 Å². The van der Waals surface area contributed by atoms with E-state index < -0.39 is 5.97 Å². The summed E-state index contributed by atoms with van der Waals surface area (Å²) in [6, 6.07) is 7.96. The molecule has 0 unspecified atom stereocenters. The summed E-state index contributed by atoms with van der Waals surface area (Å²) in [5, 5.41) is 1.04. The Kier molecular flexibility index (Phi) is 2.89. The first kappa shape index (κ1) is 12.6. The van der Waals surface area contributed by atoms with Crippen LogP contribution in [0.2, 0.25) is 0 Å². The van der Waals surface area contributed by atoms with Crippen molar-refractivity contribution in [3.8, 4) is 0 Å². The number of fused-ring (bicyclic) bond motifs is 3. The Labute approximate surface area is 116 Å². The fraction of sp³-hybridized carbons (Fsp3) is 0.267. The molecular formula is C15H15N3O2. The molecule has 0 aliphatic carbocycles.